The lowest BCUT2D eigenvalue weighted by atomic mass is 10.1. The first-order chi connectivity index (χ1) is 8.49. The van der Waals surface area contributed by atoms with Crippen molar-refractivity contribution in [3.8, 4) is 11.4 Å². The number of hydrogen-bond donors (Lipinski definition) is 1. The zero-order valence-corrected chi connectivity index (χ0v) is 12.1. The van der Waals surface area contributed by atoms with Crippen molar-refractivity contribution >= 4 is 15.9 Å². The summed E-state index contributed by atoms with van der Waals surface area (Å²) in [6.45, 7) is 5.58. The van der Waals surface area contributed by atoms with E-state index in [9.17, 15) is 5.11 Å². The highest BCUT2D eigenvalue weighted by atomic mass is 79.9. The van der Waals surface area contributed by atoms with Crippen LogP contribution >= 0.6 is 15.9 Å². The smallest absolute Gasteiger partial charge is 0.232 e. The summed E-state index contributed by atoms with van der Waals surface area (Å²) in [5.74, 6) is 0.812. The van der Waals surface area contributed by atoms with Crippen molar-refractivity contribution in [3.05, 3.63) is 34.1 Å². The van der Waals surface area contributed by atoms with E-state index in [0.717, 1.165) is 15.6 Å². The first-order valence-electron chi connectivity index (χ1n) is 5.77. The monoisotopic (exact) mass is 310 g/mol. The average Bonchev–Trinajstić information content (AvgIpc) is 2.77. The Hall–Kier alpha value is -1.20. The van der Waals surface area contributed by atoms with Gasteiger partial charge in [-0.1, -0.05) is 34.1 Å². The number of aliphatic hydroxyl groups excluding tert-OH is 1. The highest BCUT2D eigenvalue weighted by molar-refractivity contribution is 9.10. The van der Waals surface area contributed by atoms with Gasteiger partial charge in [-0.15, -0.1) is 0 Å². The van der Waals surface area contributed by atoms with Crippen molar-refractivity contribution in [2.24, 2.45) is 0 Å². The normalized spacial score (nSPS) is 14.5. The third-order valence-corrected chi connectivity index (χ3v) is 3.58. The molecule has 0 aliphatic carbocycles. The van der Waals surface area contributed by atoms with Crippen molar-refractivity contribution < 1.29 is 9.63 Å². The van der Waals surface area contributed by atoms with E-state index in [-0.39, 0.29) is 5.92 Å². The summed E-state index contributed by atoms with van der Waals surface area (Å²) in [7, 11) is 0. The fourth-order valence-corrected chi connectivity index (χ4v) is 2.21. The fraction of sp³-hybridized carbons (Fsp3) is 0.385. The summed E-state index contributed by atoms with van der Waals surface area (Å²) in [5.41, 5.74) is 2.04. The van der Waals surface area contributed by atoms with Crippen LogP contribution in [0, 0.1) is 6.92 Å². The molecule has 4 nitrogen and oxygen atoms in total. The Labute approximate surface area is 114 Å². The molecule has 18 heavy (non-hydrogen) atoms. The molecule has 2 unspecified atom stereocenters. The number of aliphatic hydroxyl groups is 1. The van der Waals surface area contributed by atoms with Crippen LogP contribution in [0.15, 0.2) is 27.2 Å². The lowest BCUT2D eigenvalue weighted by molar-refractivity contribution is 0.151. The predicted octanol–water partition coefficient (Wildman–Crippen LogP) is 3.29. The molecule has 2 atom stereocenters. The van der Waals surface area contributed by atoms with Crippen LogP contribution in [0.4, 0.5) is 0 Å². The number of benzene rings is 1. The molecule has 0 spiro atoms. The maximum Gasteiger partial charge on any atom is 0.232 e. The van der Waals surface area contributed by atoms with Crippen LogP contribution in [0.5, 0.6) is 0 Å². The second kappa shape index (κ2) is 5.20. The number of aryl methyl sites for hydroxylation is 1. The van der Waals surface area contributed by atoms with Gasteiger partial charge in [0.25, 0.3) is 0 Å². The van der Waals surface area contributed by atoms with Crippen LogP contribution in [0.3, 0.4) is 0 Å². The van der Waals surface area contributed by atoms with Crippen LogP contribution in [0.2, 0.25) is 0 Å². The Bertz CT molecular complexity index is 552. The van der Waals surface area contributed by atoms with E-state index in [1.807, 2.05) is 32.0 Å². The molecule has 0 aliphatic rings. The molecule has 1 aromatic carbocycles. The summed E-state index contributed by atoms with van der Waals surface area (Å²) >= 11 is 3.49. The van der Waals surface area contributed by atoms with E-state index in [0.29, 0.717) is 11.7 Å². The van der Waals surface area contributed by atoms with Crippen LogP contribution in [-0.2, 0) is 0 Å². The van der Waals surface area contributed by atoms with Gasteiger partial charge in [0, 0.05) is 10.0 Å². The predicted molar refractivity (Wildman–Crippen MR) is 72.3 cm³/mol. The van der Waals surface area contributed by atoms with Crippen molar-refractivity contribution in [2.45, 2.75) is 32.8 Å². The lowest BCUT2D eigenvalue weighted by Gasteiger charge is -2.08. The molecule has 0 fully saturated rings. The molecule has 1 heterocycles. The lowest BCUT2D eigenvalue weighted by Crippen LogP contribution is -2.11. The zero-order chi connectivity index (χ0) is 13.3. The second-order valence-electron chi connectivity index (χ2n) is 4.47. The van der Waals surface area contributed by atoms with Crippen molar-refractivity contribution in [2.75, 3.05) is 0 Å². The van der Waals surface area contributed by atoms with E-state index >= 15 is 0 Å². The Morgan fingerprint density at radius 3 is 2.67 bits per heavy atom. The van der Waals surface area contributed by atoms with Crippen molar-refractivity contribution in [1.29, 1.82) is 0 Å². The van der Waals surface area contributed by atoms with Gasteiger partial charge >= 0.3 is 0 Å². The van der Waals surface area contributed by atoms with Gasteiger partial charge in [-0.2, -0.15) is 4.98 Å². The number of aromatic nitrogens is 2. The van der Waals surface area contributed by atoms with Gasteiger partial charge in [0.05, 0.1) is 12.0 Å². The maximum absolute atomic E-state index is 9.51. The van der Waals surface area contributed by atoms with Gasteiger partial charge in [0.2, 0.25) is 11.7 Å². The minimum absolute atomic E-state index is 0.171. The minimum atomic E-state index is -0.514. The van der Waals surface area contributed by atoms with Crippen molar-refractivity contribution in [1.82, 2.24) is 10.1 Å². The third-order valence-electron chi connectivity index (χ3n) is 2.92. The molecule has 0 saturated heterocycles. The van der Waals surface area contributed by atoms with E-state index in [1.165, 1.54) is 0 Å². The van der Waals surface area contributed by atoms with E-state index in [1.54, 1.807) is 6.92 Å². The van der Waals surface area contributed by atoms with Crippen molar-refractivity contribution in [3.63, 3.8) is 0 Å². The van der Waals surface area contributed by atoms with E-state index in [2.05, 4.69) is 26.1 Å². The van der Waals surface area contributed by atoms with Gasteiger partial charge in [0.1, 0.15) is 0 Å². The molecule has 1 N–H and O–H groups in total. The number of hydrogen-bond acceptors (Lipinski definition) is 4. The minimum Gasteiger partial charge on any atom is -0.393 e. The Morgan fingerprint density at radius 2 is 2.06 bits per heavy atom. The molecule has 0 amide bonds. The molecular formula is C13H15BrN2O2. The quantitative estimate of drug-likeness (QED) is 0.945. The van der Waals surface area contributed by atoms with Crippen LogP contribution < -0.4 is 0 Å². The first kappa shape index (κ1) is 13.2. The van der Waals surface area contributed by atoms with Gasteiger partial charge in [0.15, 0.2) is 0 Å². The van der Waals surface area contributed by atoms with Crippen LogP contribution in [0.25, 0.3) is 11.4 Å². The molecule has 2 aromatic rings. The molecule has 1 aromatic heterocycles. The molecule has 0 radical (unpaired) electrons. The van der Waals surface area contributed by atoms with Crippen LogP contribution in [0.1, 0.15) is 31.2 Å². The third kappa shape index (κ3) is 2.62. The molecule has 0 bridgehead atoms. The molecule has 0 aliphatic heterocycles. The number of rotatable bonds is 3. The Kier molecular flexibility index (Phi) is 3.82. The van der Waals surface area contributed by atoms with Crippen LogP contribution in [-0.4, -0.2) is 21.4 Å². The SMILES string of the molecule is Cc1ccc(-c2noc(C(C)C(C)O)n2)c(Br)c1. The highest BCUT2D eigenvalue weighted by Gasteiger charge is 2.20. The number of halogens is 1. The fourth-order valence-electron chi connectivity index (χ4n) is 1.54. The average molecular weight is 311 g/mol. The van der Waals surface area contributed by atoms with Gasteiger partial charge < -0.3 is 9.63 Å². The topological polar surface area (TPSA) is 59.2 Å². The van der Waals surface area contributed by atoms with E-state index < -0.39 is 6.10 Å². The summed E-state index contributed by atoms with van der Waals surface area (Å²) in [6, 6.07) is 5.94. The summed E-state index contributed by atoms with van der Waals surface area (Å²) < 4.78 is 6.12. The summed E-state index contributed by atoms with van der Waals surface area (Å²) in [6.07, 6.45) is -0.514. The summed E-state index contributed by atoms with van der Waals surface area (Å²) in [4.78, 5) is 4.32. The Balaban J connectivity index is 2.35. The molecule has 2 rings (SSSR count). The van der Waals surface area contributed by atoms with E-state index in [4.69, 9.17) is 4.52 Å². The van der Waals surface area contributed by atoms with Gasteiger partial charge in [-0.05, 0) is 31.5 Å². The second-order valence-corrected chi connectivity index (χ2v) is 5.32. The first-order valence-corrected chi connectivity index (χ1v) is 6.56. The zero-order valence-electron chi connectivity index (χ0n) is 10.5. The van der Waals surface area contributed by atoms with Gasteiger partial charge in [-0.25, -0.2) is 0 Å². The molecule has 5 heteroatoms. The standard InChI is InChI=1S/C13H15BrN2O2/c1-7-4-5-10(11(14)6-7)12-15-13(18-16-12)8(2)9(3)17/h4-6,8-9,17H,1-3H3. The molecular weight excluding hydrogens is 296 g/mol. The summed E-state index contributed by atoms with van der Waals surface area (Å²) in [5, 5.41) is 13.5. The largest absolute Gasteiger partial charge is 0.393 e. The number of nitrogens with zero attached hydrogens (tertiary/aromatic N) is 2. The highest BCUT2D eigenvalue weighted by Crippen LogP contribution is 2.28. The maximum atomic E-state index is 9.51. The van der Waals surface area contributed by atoms with Gasteiger partial charge in [-0.3, -0.25) is 0 Å². The Morgan fingerprint density at radius 1 is 1.33 bits per heavy atom. The molecule has 0 saturated carbocycles. The molecule has 96 valence electrons.